The standard InChI is InChI=1S/C7Cl2F14/c8-1(10,6(9,19)20)2(11,12)3(13,14)4(15,16)5(17,18)7(21,22)23. The summed E-state index contributed by atoms with van der Waals surface area (Å²) in [4.78, 5) is 0. The zero-order chi connectivity index (χ0) is 19.5. The van der Waals surface area contributed by atoms with Gasteiger partial charge in [0.15, 0.2) is 0 Å². The molecule has 0 aromatic heterocycles. The molecule has 0 heterocycles. The van der Waals surface area contributed by atoms with Crippen LogP contribution in [0.5, 0.6) is 0 Å². The first kappa shape index (κ1) is 22.6. The Bertz CT molecular complexity index is 403. The van der Waals surface area contributed by atoms with Gasteiger partial charge in [-0.25, -0.2) is 4.39 Å². The van der Waals surface area contributed by atoms with E-state index in [2.05, 4.69) is 23.2 Å². The molecule has 0 aromatic carbocycles. The van der Waals surface area contributed by atoms with Gasteiger partial charge >= 0.3 is 40.4 Å². The van der Waals surface area contributed by atoms with Gasteiger partial charge < -0.3 is 0 Å². The minimum absolute atomic E-state index is 3.56. The highest BCUT2D eigenvalue weighted by molar-refractivity contribution is 6.33. The van der Waals surface area contributed by atoms with Crippen molar-refractivity contribution in [3.63, 3.8) is 0 Å². The van der Waals surface area contributed by atoms with E-state index in [1.807, 2.05) is 0 Å². The molecule has 0 N–H and O–H groups in total. The van der Waals surface area contributed by atoms with Crippen molar-refractivity contribution in [3.05, 3.63) is 0 Å². The number of halogens is 16. The van der Waals surface area contributed by atoms with E-state index in [-0.39, 0.29) is 0 Å². The van der Waals surface area contributed by atoms with Gasteiger partial charge in [0.1, 0.15) is 0 Å². The van der Waals surface area contributed by atoms with E-state index < -0.39 is 40.4 Å². The second-order valence-corrected chi connectivity index (χ2v) is 4.86. The lowest BCUT2D eigenvalue weighted by atomic mass is 9.95. The molecule has 0 rings (SSSR count). The van der Waals surface area contributed by atoms with Crippen LogP contribution in [0.3, 0.4) is 0 Å². The zero-order valence-corrected chi connectivity index (χ0v) is 11.1. The zero-order valence-electron chi connectivity index (χ0n) is 9.55. The van der Waals surface area contributed by atoms with Crippen LogP contribution in [0, 0.1) is 0 Å². The highest BCUT2D eigenvalue weighted by Gasteiger charge is 2.92. The van der Waals surface area contributed by atoms with Crippen LogP contribution in [0.1, 0.15) is 0 Å². The molecule has 0 aliphatic rings. The monoisotopic (exact) mass is 420 g/mol. The van der Waals surface area contributed by atoms with E-state index in [1.54, 1.807) is 0 Å². The topological polar surface area (TPSA) is 0 Å². The lowest BCUT2D eigenvalue weighted by Crippen LogP contribution is -2.71. The van der Waals surface area contributed by atoms with Crippen LogP contribution in [0.25, 0.3) is 0 Å². The average molecular weight is 421 g/mol. The summed E-state index contributed by atoms with van der Waals surface area (Å²) in [5.74, 6) is -31.6. The van der Waals surface area contributed by atoms with E-state index in [0.29, 0.717) is 0 Å². The van der Waals surface area contributed by atoms with Gasteiger partial charge in [-0.2, -0.15) is 57.1 Å². The fourth-order valence-electron chi connectivity index (χ4n) is 0.948. The molecule has 0 bridgehead atoms. The first-order chi connectivity index (χ1) is 9.50. The number of hydrogen-bond acceptors (Lipinski definition) is 0. The van der Waals surface area contributed by atoms with Gasteiger partial charge in [0, 0.05) is 0 Å². The summed E-state index contributed by atoms with van der Waals surface area (Å²) in [5, 5.41) is -12.9. The minimum Gasteiger partial charge on any atom is -0.211 e. The predicted molar refractivity (Wildman–Crippen MR) is 46.3 cm³/mol. The lowest BCUT2D eigenvalue weighted by molar-refractivity contribution is -0.432. The number of alkyl halides is 16. The second-order valence-electron chi connectivity index (χ2n) is 3.87. The average Bonchev–Trinajstić information content (AvgIpc) is 2.24. The van der Waals surface area contributed by atoms with E-state index in [1.165, 1.54) is 0 Å². The molecule has 0 fully saturated rings. The van der Waals surface area contributed by atoms with Crippen molar-refractivity contribution in [1.82, 2.24) is 0 Å². The normalized spacial score (nSPS) is 18.8. The van der Waals surface area contributed by atoms with Crippen LogP contribution in [0.4, 0.5) is 61.5 Å². The molecule has 0 radical (unpaired) electrons. The third kappa shape index (κ3) is 2.89. The van der Waals surface area contributed by atoms with Gasteiger partial charge in [-0.1, -0.05) is 11.6 Å². The summed E-state index contributed by atoms with van der Waals surface area (Å²) in [7, 11) is 0. The quantitative estimate of drug-likeness (QED) is 0.388. The lowest BCUT2D eigenvalue weighted by Gasteiger charge is -2.41. The summed E-state index contributed by atoms with van der Waals surface area (Å²) in [6, 6.07) is 0. The van der Waals surface area contributed by atoms with Crippen molar-refractivity contribution in [1.29, 1.82) is 0 Å². The Morgan fingerprint density at radius 1 is 0.391 bits per heavy atom. The van der Waals surface area contributed by atoms with Crippen LogP contribution in [0.15, 0.2) is 0 Å². The van der Waals surface area contributed by atoms with Crippen LogP contribution >= 0.6 is 23.2 Å². The van der Waals surface area contributed by atoms with Crippen molar-refractivity contribution in [2.45, 2.75) is 40.4 Å². The Morgan fingerprint density at radius 2 is 0.652 bits per heavy atom. The van der Waals surface area contributed by atoms with Gasteiger partial charge in [0.25, 0.3) is 0 Å². The summed E-state index contributed by atoms with van der Waals surface area (Å²) in [5.41, 5.74) is 0. The third-order valence-electron chi connectivity index (χ3n) is 2.29. The molecule has 0 aliphatic heterocycles. The molecule has 16 heteroatoms. The fourth-order valence-corrected chi connectivity index (χ4v) is 1.18. The molecule has 0 saturated carbocycles. The van der Waals surface area contributed by atoms with Crippen molar-refractivity contribution in [3.8, 4) is 0 Å². The van der Waals surface area contributed by atoms with Crippen molar-refractivity contribution in [2.75, 3.05) is 0 Å². The highest BCUT2D eigenvalue weighted by atomic mass is 35.5. The molecule has 0 saturated heterocycles. The fraction of sp³-hybridized carbons (Fsp3) is 1.00. The molecule has 0 nitrogen and oxygen atoms in total. The van der Waals surface area contributed by atoms with Crippen LogP contribution in [-0.4, -0.2) is 40.4 Å². The van der Waals surface area contributed by atoms with Crippen LogP contribution in [-0.2, 0) is 0 Å². The van der Waals surface area contributed by atoms with Gasteiger partial charge in [-0.15, -0.1) is 0 Å². The predicted octanol–water partition coefficient (Wildman–Crippen LogP) is 5.83. The molecular formula is C7Cl2F14. The van der Waals surface area contributed by atoms with Crippen LogP contribution < -0.4 is 0 Å². The Labute approximate surface area is 126 Å². The van der Waals surface area contributed by atoms with E-state index in [9.17, 15) is 61.5 Å². The van der Waals surface area contributed by atoms with Crippen LogP contribution in [0.2, 0.25) is 0 Å². The summed E-state index contributed by atoms with van der Waals surface area (Å²) in [6.07, 6.45) is -7.52. The van der Waals surface area contributed by atoms with E-state index in [4.69, 9.17) is 0 Å². The Kier molecular flexibility index (Phi) is 5.20. The first-order valence-electron chi connectivity index (χ1n) is 4.52. The molecule has 0 aliphatic carbocycles. The smallest absolute Gasteiger partial charge is 0.211 e. The molecular weight excluding hydrogens is 421 g/mol. The molecule has 0 spiro atoms. The first-order valence-corrected chi connectivity index (χ1v) is 5.28. The largest absolute Gasteiger partial charge is 0.460 e. The number of rotatable bonds is 5. The second kappa shape index (κ2) is 5.30. The minimum atomic E-state index is -8.07. The maximum absolute atomic E-state index is 12.9. The van der Waals surface area contributed by atoms with Gasteiger partial charge in [-0.05, 0) is 11.6 Å². The molecule has 0 amide bonds. The maximum Gasteiger partial charge on any atom is 0.460 e. The van der Waals surface area contributed by atoms with E-state index >= 15 is 0 Å². The van der Waals surface area contributed by atoms with Gasteiger partial charge in [0.2, 0.25) is 0 Å². The summed E-state index contributed by atoms with van der Waals surface area (Å²) >= 11 is 7.18. The molecule has 23 heavy (non-hydrogen) atoms. The Balaban J connectivity index is 6.37. The summed E-state index contributed by atoms with van der Waals surface area (Å²) in [6.45, 7) is 0. The van der Waals surface area contributed by atoms with Gasteiger partial charge in [-0.3, -0.25) is 0 Å². The van der Waals surface area contributed by atoms with Crippen molar-refractivity contribution in [2.24, 2.45) is 0 Å². The maximum atomic E-state index is 12.9. The molecule has 1 unspecified atom stereocenters. The van der Waals surface area contributed by atoms with Crippen molar-refractivity contribution >= 4 is 23.2 Å². The Morgan fingerprint density at radius 3 is 0.870 bits per heavy atom. The Hall–Kier alpha value is -0.400. The third-order valence-corrected chi connectivity index (χ3v) is 3.12. The van der Waals surface area contributed by atoms with E-state index in [0.717, 1.165) is 0 Å². The SMILES string of the molecule is FC(F)(F)C(F)(F)C(F)(F)C(F)(F)C(F)(F)C(F)(Cl)C(F)(F)Cl. The van der Waals surface area contributed by atoms with Gasteiger partial charge in [0.05, 0.1) is 0 Å². The summed E-state index contributed by atoms with van der Waals surface area (Å²) < 4.78 is 174. The molecule has 140 valence electrons. The van der Waals surface area contributed by atoms with Crippen molar-refractivity contribution < 1.29 is 61.5 Å². The number of hydrogen-bond donors (Lipinski definition) is 0. The molecule has 0 aromatic rings. The highest BCUT2D eigenvalue weighted by Crippen LogP contribution is 2.63. The molecule has 1 atom stereocenters.